The van der Waals surface area contributed by atoms with Gasteiger partial charge in [0.15, 0.2) is 0 Å². The molecule has 0 aromatic heterocycles. The first-order chi connectivity index (χ1) is 9.45. The average molecular weight is 298 g/mol. The minimum absolute atomic E-state index is 0.0959. The van der Waals surface area contributed by atoms with E-state index in [-0.39, 0.29) is 17.9 Å². The molecule has 6 heteroatoms. The zero-order chi connectivity index (χ0) is 14.3. The van der Waals surface area contributed by atoms with Crippen molar-refractivity contribution in [1.82, 2.24) is 9.21 Å². The lowest BCUT2D eigenvalue weighted by Gasteiger charge is -2.24. The van der Waals surface area contributed by atoms with E-state index in [1.54, 1.807) is 16.4 Å². The minimum Gasteiger partial charge on any atom is -0.294 e. The number of hydrogen-bond donors (Lipinski definition) is 0. The molecule has 2 heterocycles. The van der Waals surface area contributed by atoms with Crippen molar-refractivity contribution in [3.8, 4) is 0 Å². The number of hydrogen-bond acceptors (Lipinski definition) is 3. The zero-order valence-corrected chi connectivity index (χ0v) is 12.3. The Bertz CT molecular complexity index is 605. The Hall–Kier alpha value is -0.980. The van der Waals surface area contributed by atoms with Crippen LogP contribution in [0.4, 0.5) is 4.39 Å². The molecule has 2 atom stereocenters. The van der Waals surface area contributed by atoms with Gasteiger partial charge < -0.3 is 0 Å². The summed E-state index contributed by atoms with van der Waals surface area (Å²) >= 11 is 0. The molecule has 0 unspecified atom stereocenters. The summed E-state index contributed by atoms with van der Waals surface area (Å²) in [5.41, 5.74) is 0.948. The van der Waals surface area contributed by atoms with Gasteiger partial charge in [0, 0.05) is 31.7 Å². The largest absolute Gasteiger partial charge is 0.294 e. The normalized spacial score (nSPS) is 27.9. The molecule has 0 aliphatic carbocycles. The van der Waals surface area contributed by atoms with E-state index in [4.69, 9.17) is 0 Å². The molecule has 0 bridgehead atoms. The average Bonchev–Trinajstić information content (AvgIpc) is 2.91. The molecule has 0 saturated carbocycles. The van der Waals surface area contributed by atoms with Crippen LogP contribution in [0, 0.1) is 5.82 Å². The topological polar surface area (TPSA) is 40.6 Å². The minimum atomic E-state index is -3.11. The van der Waals surface area contributed by atoms with Crippen LogP contribution in [0.5, 0.6) is 0 Å². The molecule has 0 N–H and O–H groups in total. The Balaban J connectivity index is 1.73. The van der Waals surface area contributed by atoms with Crippen LogP contribution >= 0.6 is 0 Å². The summed E-state index contributed by atoms with van der Waals surface area (Å²) in [5.74, 6) is -0.220. The van der Waals surface area contributed by atoms with Crippen molar-refractivity contribution in [2.24, 2.45) is 0 Å². The molecular weight excluding hydrogens is 279 g/mol. The van der Waals surface area contributed by atoms with E-state index < -0.39 is 10.0 Å². The van der Waals surface area contributed by atoms with E-state index in [2.05, 4.69) is 4.90 Å². The molecule has 2 fully saturated rings. The van der Waals surface area contributed by atoms with Crippen LogP contribution < -0.4 is 0 Å². The second kappa shape index (κ2) is 5.09. The molecule has 2 aliphatic heterocycles. The van der Waals surface area contributed by atoms with Gasteiger partial charge in [-0.3, -0.25) is 4.90 Å². The van der Waals surface area contributed by atoms with Crippen LogP contribution in [0.3, 0.4) is 0 Å². The Morgan fingerprint density at radius 2 is 2.00 bits per heavy atom. The van der Waals surface area contributed by atoms with E-state index in [1.807, 2.05) is 6.07 Å². The summed E-state index contributed by atoms with van der Waals surface area (Å²) in [5, 5.41) is 0. The van der Waals surface area contributed by atoms with E-state index in [0.29, 0.717) is 13.1 Å². The fraction of sp³-hybridized carbons (Fsp3) is 0.571. The zero-order valence-electron chi connectivity index (χ0n) is 11.5. The van der Waals surface area contributed by atoms with Crippen molar-refractivity contribution >= 4 is 10.0 Å². The first kappa shape index (κ1) is 14.0. The van der Waals surface area contributed by atoms with Gasteiger partial charge in [0.2, 0.25) is 10.0 Å². The number of sulfonamides is 1. The number of benzene rings is 1. The highest BCUT2D eigenvalue weighted by atomic mass is 32.2. The third-order valence-electron chi connectivity index (χ3n) is 4.34. The lowest BCUT2D eigenvalue weighted by Crippen LogP contribution is -2.38. The van der Waals surface area contributed by atoms with Gasteiger partial charge in [0.25, 0.3) is 0 Å². The van der Waals surface area contributed by atoms with E-state index in [0.717, 1.165) is 24.9 Å². The van der Waals surface area contributed by atoms with E-state index in [9.17, 15) is 12.8 Å². The Kier molecular flexibility index (Phi) is 3.56. The van der Waals surface area contributed by atoms with Crippen molar-refractivity contribution in [3.63, 3.8) is 0 Å². The maximum absolute atomic E-state index is 13.2. The number of nitrogens with zero attached hydrogens (tertiary/aromatic N) is 2. The fourth-order valence-corrected chi connectivity index (χ4v) is 4.69. The summed E-state index contributed by atoms with van der Waals surface area (Å²) in [6, 6.07) is 7.00. The standard InChI is InChI=1S/C14H19FN2O2S/c1-20(18,19)17-8-6-13-14(17)5-7-16(13)10-11-3-2-4-12(15)9-11/h2-4,9,13-14H,5-8,10H2,1H3/t13-,14+/m1/s1. The van der Waals surface area contributed by atoms with Crippen LogP contribution in [0.15, 0.2) is 24.3 Å². The van der Waals surface area contributed by atoms with Crippen LogP contribution in [0.2, 0.25) is 0 Å². The van der Waals surface area contributed by atoms with Gasteiger partial charge in [-0.15, -0.1) is 0 Å². The molecule has 1 aromatic rings. The molecule has 3 rings (SSSR count). The Morgan fingerprint density at radius 1 is 1.25 bits per heavy atom. The molecular formula is C14H19FN2O2S. The fourth-order valence-electron chi connectivity index (χ4n) is 3.51. The number of likely N-dealkylation sites (tertiary alicyclic amines) is 1. The Morgan fingerprint density at radius 3 is 2.70 bits per heavy atom. The third kappa shape index (κ3) is 2.60. The summed E-state index contributed by atoms with van der Waals surface area (Å²) < 4.78 is 38.3. The first-order valence-corrected chi connectivity index (χ1v) is 8.75. The molecule has 110 valence electrons. The molecule has 0 spiro atoms. The summed E-state index contributed by atoms with van der Waals surface area (Å²) in [6.45, 7) is 2.17. The van der Waals surface area contributed by atoms with Gasteiger partial charge in [-0.1, -0.05) is 12.1 Å². The first-order valence-electron chi connectivity index (χ1n) is 6.90. The van der Waals surface area contributed by atoms with Gasteiger partial charge in [-0.25, -0.2) is 12.8 Å². The molecule has 1 aromatic carbocycles. The van der Waals surface area contributed by atoms with E-state index in [1.165, 1.54) is 12.3 Å². The van der Waals surface area contributed by atoms with Crippen molar-refractivity contribution in [2.75, 3.05) is 19.3 Å². The molecule has 2 aliphatic rings. The SMILES string of the molecule is CS(=O)(=O)N1CC[C@@H]2[C@@H]1CCN2Cc1cccc(F)c1. The van der Waals surface area contributed by atoms with Crippen molar-refractivity contribution in [1.29, 1.82) is 0 Å². The second-order valence-corrected chi connectivity index (χ2v) is 7.62. The maximum Gasteiger partial charge on any atom is 0.211 e. The predicted molar refractivity (Wildman–Crippen MR) is 75.2 cm³/mol. The van der Waals surface area contributed by atoms with Gasteiger partial charge in [-0.05, 0) is 30.5 Å². The lowest BCUT2D eigenvalue weighted by atomic mass is 10.1. The van der Waals surface area contributed by atoms with Gasteiger partial charge in [0.05, 0.1) is 6.26 Å². The molecule has 0 radical (unpaired) electrons. The maximum atomic E-state index is 13.2. The number of halogens is 1. The van der Waals surface area contributed by atoms with Crippen LogP contribution in [0.25, 0.3) is 0 Å². The number of rotatable bonds is 3. The molecule has 2 saturated heterocycles. The molecule has 0 amide bonds. The van der Waals surface area contributed by atoms with E-state index >= 15 is 0 Å². The molecule has 4 nitrogen and oxygen atoms in total. The smallest absolute Gasteiger partial charge is 0.211 e. The predicted octanol–water partition coefficient (Wildman–Crippen LogP) is 1.43. The van der Waals surface area contributed by atoms with Crippen LogP contribution in [-0.2, 0) is 16.6 Å². The third-order valence-corrected chi connectivity index (χ3v) is 5.65. The van der Waals surface area contributed by atoms with Crippen LogP contribution in [-0.4, -0.2) is 49.1 Å². The molecule has 20 heavy (non-hydrogen) atoms. The van der Waals surface area contributed by atoms with Crippen molar-refractivity contribution < 1.29 is 12.8 Å². The highest BCUT2D eigenvalue weighted by Gasteiger charge is 2.45. The monoisotopic (exact) mass is 298 g/mol. The Labute approximate surface area is 119 Å². The second-order valence-electron chi connectivity index (χ2n) is 5.69. The summed E-state index contributed by atoms with van der Waals surface area (Å²) in [4.78, 5) is 2.28. The van der Waals surface area contributed by atoms with Gasteiger partial charge in [0.1, 0.15) is 5.82 Å². The van der Waals surface area contributed by atoms with Gasteiger partial charge in [-0.2, -0.15) is 4.31 Å². The highest BCUT2D eigenvalue weighted by Crippen LogP contribution is 2.33. The lowest BCUT2D eigenvalue weighted by molar-refractivity contribution is 0.240. The quantitative estimate of drug-likeness (QED) is 0.848. The van der Waals surface area contributed by atoms with Crippen molar-refractivity contribution in [3.05, 3.63) is 35.6 Å². The highest BCUT2D eigenvalue weighted by molar-refractivity contribution is 7.88. The summed E-state index contributed by atoms with van der Waals surface area (Å²) in [6.07, 6.45) is 3.02. The number of fused-ring (bicyclic) bond motifs is 1. The van der Waals surface area contributed by atoms with Crippen molar-refractivity contribution in [2.45, 2.75) is 31.5 Å². The van der Waals surface area contributed by atoms with Gasteiger partial charge >= 0.3 is 0 Å². The van der Waals surface area contributed by atoms with Crippen LogP contribution in [0.1, 0.15) is 18.4 Å². The summed E-state index contributed by atoms with van der Waals surface area (Å²) in [7, 11) is -3.11.